The van der Waals surface area contributed by atoms with E-state index in [1.165, 1.54) is 0 Å². The third kappa shape index (κ3) is 3.61. The Labute approximate surface area is 153 Å². The number of nitrogens with zero attached hydrogens (tertiary/aromatic N) is 2. The maximum atomic E-state index is 12.4. The van der Waals surface area contributed by atoms with Crippen molar-refractivity contribution in [3.05, 3.63) is 72.3 Å². The number of hydrogen-bond donors (Lipinski definition) is 2. The molecule has 0 radical (unpaired) electrons. The first kappa shape index (κ1) is 16.4. The fraction of sp³-hybridized carbons (Fsp3) is 0.238. The van der Waals surface area contributed by atoms with E-state index < -0.39 is 0 Å². The largest absolute Gasteiger partial charge is 0.353 e. The van der Waals surface area contributed by atoms with Crippen LogP contribution in [-0.2, 0) is 0 Å². The van der Waals surface area contributed by atoms with Crippen molar-refractivity contribution in [1.29, 1.82) is 0 Å². The Hall–Kier alpha value is -3.08. The van der Waals surface area contributed by atoms with E-state index in [1.807, 2.05) is 48.5 Å². The monoisotopic (exact) mass is 346 g/mol. The number of aromatic nitrogens is 2. The zero-order valence-corrected chi connectivity index (χ0v) is 14.6. The van der Waals surface area contributed by atoms with Crippen LogP contribution in [0.3, 0.4) is 0 Å². The molecule has 1 unspecified atom stereocenters. The van der Waals surface area contributed by atoms with E-state index in [0.717, 1.165) is 43.0 Å². The van der Waals surface area contributed by atoms with Gasteiger partial charge >= 0.3 is 0 Å². The maximum absolute atomic E-state index is 12.4. The van der Waals surface area contributed by atoms with Crippen molar-refractivity contribution in [1.82, 2.24) is 15.5 Å². The highest BCUT2D eigenvalue weighted by molar-refractivity contribution is 5.94. The summed E-state index contributed by atoms with van der Waals surface area (Å²) in [5.74, 6) is 0.923. The second-order valence-electron chi connectivity index (χ2n) is 6.63. The van der Waals surface area contributed by atoms with Gasteiger partial charge in [-0.1, -0.05) is 48.5 Å². The van der Waals surface area contributed by atoms with E-state index in [-0.39, 0.29) is 11.9 Å². The molecule has 0 saturated carbocycles. The fourth-order valence-electron chi connectivity index (χ4n) is 3.40. The number of nitrogens with one attached hydrogen (secondary N) is 2. The minimum absolute atomic E-state index is 0.00977. The van der Waals surface area contributed by atoms with E-state index in [1.54, 1.807) is 0 Å². The number of carbonyl (C=O) groups excluding carboxylic acids is 1. The van der Waals surface area contributed by atoms with Crippen LogP contribution in [0.15, 0.2) is 66.7 Å². The van der Waals surface area contributed by atoms with Crippen molar-refractivity contribution < 1.29 is 4.79 Å². The first-order valence-electron chi connectivity index (χ1n) is 9.01. The quantitative estimate of drug-likeness (QED) is 0.760. The minimum atomic E-state index is -0.00977. The second kappa shape index (κ2) is 7.44. The zero-order valence-electron chi connectivity index (χ0n) is 14.6. The Kier molecular flexibility index (Phi) is 4.69. The predicted octanol–water partition coefficient (Wildman–Crippen LogP) is 3.48. The van der Waals surface area contributed by atoms with E-state index in [4.69, 9.17) is 0 Å². The Morgan fingerprint density at radius 3 is 2.58 bits per heavy atom. The summed E-state index contributed by atoms with van der Waals surface area (Å²) < 4.78 is 0. The van der Waals surface area contributed by atoms with Crippen LogP contribution >= 0.6 is 0 Å². The molecule has 2 heterocycles. The lowest BCUT2D eigenvalue weighted by Gasteiger charge is -2.33. The third-order valence-electron chi connectivity index (χ3n) is 4.77. The van der Waals surface area contributed by atoms with Crippen molar-refractivity contribution in [2.24, 2.45) is 0 Å². The molecule has 1 saturated heterocycles. The summed E-state index contributed by atoms with van der Waals surface area (Å²) in [5.41, 5.74) is 2.84. The lowest BCUT2D eigenvalue weighted by atomic mass is 10.0. The summed E-state index contributed by atoms with van der Waals surface area (Å²) in [6.07, 6.45) is 2.03. The number of hydrogen-bond acceptors (Lipinski definition) is 3. The smallest absolute Gasteiger partial charge is 0.251 e. The van der Waals surface area contributed by atoms with E-state index in [9.17, 15) is 4.79 Å². The van der Waals surface area contributed by atoms with Crippen LogP contribution in [-0.4, -0.2) is 35.2 Å². The van der Waals surface area contributed by atoms with Crippen molar-refractivity contribution in [2.45, 2.75) is 18.9 Å². The van der Waals surface area contributed by atoms with Gasteiger partial charge in [-0.3, -0.25) is 9.89 Å². The molecule has 4 rings (SSSR count). The molecule has 0 bridgehead atoms. The molecule has 132 valence electrons. The molecule has 2 N–H and O–H groups in total. The molecule has 5 nitrogen and oxygen atoms in total. The van der Waals surface area contributed by atoms with Gasteiger partial charge in [-0.15, -0.1) is 0 Å². The van der Waals surface area contributed by atoms with Crippen LogP contribution in [0.25, 0.3) is 11.3 Å². The second-order valence-corrected chi connectivity index (χ2v) is 6.63. The van der Waals surface area contributed by atoms with Gasteiger partial charge < -0.3 is 10.2 Å². The van der Waals surface area contributed by atoms with Gasteiger partial charge in [0.05, 0.1) is 5.69 Å². The molecule has 1 aromatic heterocycles. The van der Waals surface area contributed by atoms with Crippen LogP contribution in [0.1, 0.15) is 23.2 Å². The first-order chi connectivity index (χ1) is 12.8. The fourth-order valence-corrected chi connectivity index (χ4v) is 3.40. The molecule has 1 fully saturated rings. The molecule has 26 heavy (non-hydrogen) atoms. The number of H-pyrrole nitrogens is 1. The highest BCUT2D eigenvalue weighted by Gasteiger charge is 2.23. The van der Waals surface area contributed by atoms with Gasteiger partial charge in [0, 0.05) is 30.8 Å². The predicted molar refractivity (Wildman–Crippen MR) is 103 cm³/mol. The molecular formula is C21H22N4O. The van der Waals surface area contributed by atoms with Crippen molar-refractivity contribution in [3.8, 4) is 11.3 Å². The van der Waals surface area contributed by atoms with Crippen LogP contribution in [0.4, 0.5) is 5.82 Å². The lowest BCUT2D eigenvalue weighted by Crippen LogP contribution is -2.48. The van der Waals surface area contributed by atoms with Crippen LogP contribution in [0.2, 0.25) is 0 Å². The van der Waals surface area contributed by atoms with Crippen molar-refractivity contribution >= 4 is 11.7 Å². The van der Waals surface area contributed by atoms with Gasteiger partial charge in [-0.05, 0) is 30.5 Å². The lowest BCUT2D eigenvalue weighted by molar-refractivity contribution is 0.0933. The average molecular weight is 346 g/mol. The topological polar surface area (TPSA) is 61.0 Å². The highest BCUT2D eigenvalue weighted by Crippen LogP contribution is 2.24. The van der Waals surface area contributed by atoms with Crippen molar-refractivity contribution in [2.75, 3.05) is 18.0 Å². The standard InChI is InChI=1S/C21H22N4O/c26-21(17-10-5-2-6-11-17)22-18-12-7-13-25(15-18)20-14-19(23-24-20)16-8-3-1-4-9-16/h1-6,8-11,14,18H,7,12-13,15H2,(H,22,26)(H,23,24). The molecule has 1 aliphatic rings. The van der Waals surface area contributed by atoms with E-state index in [2.05, 4.69) is 38.6 Å². The van der Waals surface area contributed by atoms with Gasteiger partial charge in [0.15, 0.2) is 5.82 Å². The Morgan fingerprint density at radius 2 is 1.81 bits per heavy atom. The zero-order chi connectivity index (χ0) is 17.8. The van der Waals surface area contributed by atoms with Crippen LogP contribution in [0.5, 0.6) is 0 Å². The van der Waals surface area contributed by atoms with Gasteiger partial charge in [-0.25, -0.2) is 0 Å². The van der Waals surface area contributed by atoms with Crippen LogP contribution < -0.4 is 10.2 Å². The number of carbonyl (C=O) groups is 1. The molecule has 1 atom stereocenters. The summed E-state index contributed by atoms with van der Waals surface area (Å²) in [6, 6.07) is 21.8. The summed E-state index contributed by atoms with van der Waals surface area (Å²) in [4.78, 5) is 14.6. The van der Waals surface area contributed by atoms with Crippen molar-refractivity contribution in [3.63, 3.8) is 0 Å². The molecule has 1 aliphatic heterocycles. The summed E-state index contributed by atoms with van der Waals surface area (Å²) in [7, 11) is 0. The summed E-state index contributed by atoms with van der Waals surface area (Å²) in [5, 5.41) is 10.8. The SMILES string of the molecule is O=C(NC1CCCN(c2cc(-c3ccccc3)[nH]n2)C1)c1ccccc1. The normalized spacial score (nSPS) is 17.1. The minimum Gasteiger partial charge on any atom is -0.353 e. The van der Waals surface area contributed by atoms with Gasteiger partial charge in [0.1, 0.15) is 0 Å². The Morgan fingerprint density at radius 1 is 1.08 bits per heavy atom. The van der Waals surface area contributed by atoms with E-state index >= 15 is 0 Å². The number of aromatic amines is 1. The summed E-state index contributed by atoms with van der Waals surface area (Å²) in [6.45, 7) is 1.73. The molecular weight excluding hydrogens is 324 g/mol. The number of rotatable bonds is 4. The Bertz CT molecular complexity index is 860. The van der Waals surface area contributed by atoms with Crippen LogP contribution in [0, 0.1) is 0 Å². The Balaban J connectivity index is 1.42. The molecule has 5 heteroatoms. The number of amides is 1. The maximum Gasteiger partial charge on any atom is 0.251 e. The number of piperidine rings is 1. The molecule has 0 aliphatic carbocycles. The first-order valence-corrected chi connectivity index (χ1v) is 9.01. The van der Waals surface area contributed by atoms with Gasteiger partial charge in [0.25, 0.3) is 5.91 Å². The average Bonchev–Trinajstić information content (AvgIpc) is 3.20. The van der Waals surface area contributed by atoms with Gasteiger partial charge in [0.2, 0.25) is 0 Å². The summed E-state index contributed by atoms with van der Waals surface area (Å²) >= 11 is 0. The van der Waals surface area contributed by atoms with E-state index in [0.29, 0.717) is 5.56 Å². The number of anilines is 1. The van der Waals surface area contributed by atoms with Gasteiger partial charge in [-0.2, -0.15) is 5.10 Å². The molecule has 1 amide bonds. The highest BCUT2D eigenvalue weighted by atomic mass is 16.1. The number of benzene rings is 2. The molecule has 0 spiro atoms. The molecule has 3 aromatic rings. The third-order valence-corrected chi connectivity index (χ3v) is 4.77. The molecule has 2 aromatic carbocycles.